The summed E-state index contributed by atoms with van der Waals surface area (Å²) in [5.41, 5.74) is 5.75. The molecule has 0 fully saturated rings. The van der Waals surface area contributed by atoms with Crippen LogP contribution in [0.3, 0.4) is 0 Å². The summed E-state index contributed by atoms with van der Waals surface area (Å²) in [6.45, 7) is 0.835. The van der Waals surface area contributed by atoms with Gasteiger partial charge in [0.1, 0.15) is 0 Å². The maximum atomic E-state index is 5.71. The highest BCUT2D eigenvalue weighted by Crippen LogP contribution is 2.37. The Labute approximate surface area is 106 Å². The lowest BCUT2D eigenvalue weighted by atomic mass is 10.0. The fourth-order valence-electron chi connectivity index (χ4n) is 2.66. The number of aryl methyl sites for hydroxylation is 2. The predicted molar refractivity (Wildman–Crippen MR) is 69.7 cm³/mol. The van der Waals surface area contributed by atoms with Crippen LogP contribution in [-0.2, 0) is 17.6 Å². The van der Waals surface area contributed by atoms with Gasteiger partial charge in [-0.05, 0) is 49.3 Å². The van der Waals surface area contributed by atoms with E-state index in [1.54, 1.807) is 4.88 Å². The molecular formula is C13H18N2OS. The van der Waals surface area contributed by atoms with Gasteiger partial charge in [0.15, 0.2) is 0 Å². The van der Waals surface area contributed by atoms with Gasteiger partial charge in [-0.1, -0.05) is 0 Å². The zero-order valence-corrected chi connectivity index (χ0v) is 10.7. The average Bonchev–Trinajstić information content (AvgIpc) is 2.92. The van der Waals surface area contributed by atoms with E-state index in [0.717, 1.165) is 19.4 Å². The Morgan fingerprint density at radius 1 is 1.29 bits per heavy atom. The van der Waals surface area contributed by atoms with Gasteiger partial charge in [-0.2, -0.15) is 0 Å². The third-order valence-electron chi connectivity index (χ3n) is 3.55. The predicted octanol–water partition coefficient (Wildman–Crippen LogP) is 2.44. The third-order valence-corrected chi connectivity index (χ3v) is 4.85. The van der Waals surface area contributed by atoms with E-state index in [9.17, 15) is 0 Å². The Morgan fingerprint density at radius 3 is 2.94 bits per heavy atom. The first-order chi connectivity index (χ1) is 8.38. The molecule has 4 heteroatoms. The number of thiophene rings is 1. The van der Waals surface area contributed by atoms with Crippen LogP contribution in [0.25, 0.3) is 0 Å². The number of hydrazine groups is 1. The molecule has 0 saturated carbocycles. The normalized spacial score (nSPS) is 20.6. The molecule has 1 aliphatic carbocycles. The van der Waals surface area contributed by atoms with Crippen molar-refractivity contribution in [3.8, 4) is 0 Å². The van der Waals surface area contributed by atoms with Crippen LogP contribution in [0.15, 0.2) is 17.9 Å². The number of rotatable bonds is 3. The Morgan fingerprint density at radius 2 is 2.24 bits per heavy atom. The average molecular weight is 250 g/mol. The number of ether oxygens (including phenoxy) is 1. The van der Waals surface area contributed by atoms with Gasteiger partial charge in [-0.3, -0.25) is 5.84 Å². The van der Waals surface area contributed by atoms with Crippen molar-refractivity contribution >= 4 is 11.3 Å². The molecule has 2 aliphatic rings. The highest BCUT2D eigenvalue weighted by molar-refractivity contribution is 7.12. The van der Waals surface area contributed by atoms with E-state index in [1.807, 2.05) is 17.6 Å². The summed E-state index contributed by atoms with van der Waals surface area (Å²) in [5.74, 6) is 5.71. The summed E-state index contributed by atoms with van der Waals surface area (Å²) in [6.07, 6.45) is 7.85. The van der Waals surface area contributed by atoms with E-state index in [4.69, 9.17) is 10.6 Å². The van der Waals surface area contributed by atoms with Crippen LogP contribution in [0.5, 0.6) is 0 Å². The maximum absolute atomic E-state index is 5.71. The lowest BCUT2D eigenvalue weighted by molar-refractivity contribution is 0.219. The molecule has 0 bridgehead atoms. The van der Waals surface area contributed by atoms with Crippen LogP contribution < -0.4 is 11.3 Å². The standard InChI is InChI=1S/C13H18N2OS/c14-15-13(10-4-2-6-16-8-10)12-7-9-3-1-5-11(9)17-12/h7-8,13,15H,1-6,14H2. The second kappa shape index (κ2) is 4.80. The Balaban J connectivity index is 1.86. The van der Waals surface area contributed by atoms with Crippen molar-refractivity contribution in [1.29, 1.82) is 0 Å². The lowest BCUT2D eigenvalue weighted by Gasteiger charge is -2.21. The van der Waals surface area contributed by atoms with E-state index >= 15 is 0 Å². The number of nitrogens with one attached hydrogen (secondary N) is 1. The quantitative estimate of drug-likeness (QED) is 0.640. The SMILES string of the molecule is NNC(C1=COCCC1)c1cc2c(s1)CCC2. The van der Waals surface area contributed by atoms with Gasteiger partial charge >= 0.3 is 0 Å². The van der Waals surface area contributed by atoms with Gasteiger partial charge in [0.05, 0.1) is 18.9 Å². The van der Waals surface area contributed by atoms with E-state index < -0.39 is 0 Å². The number of nitrogens with two attached hydrogens (primary N) is 1. The van der Waals surface area contributed by atoms with E-state index in [1.165, 1.54) is 35.3 Å². The molecular weight excluding hydrogens is 232 g/mol. The second-order valence-electron chi connectivity index (χ2n) is 4.72. The molecule has 17 heavy (non-hydrogen) atoms. The van der Waals surface area contributed by atoms with Crippen LogP contribution in [0.4, 0.5) is 0 Å². The minimum Gasteiger partial charge on any atom is -0.501 e. The first-order valence-electron chi connectivity index (χ1n) is 6.26. The summed E-state index contributed by atoms with van der Waals surface area (Å²) in [5, 5.41) is 0. The van der Waals surface area contributed by atoms with Crippen molar-refractivity contribution in [1.82, 2.24) is 5.43 Å². The number of hydrogen-bond acceptors (Lipinski definition) is 4. The van der Waals surface area contributed by atoms with Crippen molar-refractivity contribution in [2.75, 3.05) is 6.61 Å². The molecule has 0 aromatic carbocycles. The van der Waals surface area contributed by atoms with Crippen LogP contribution in [-0.4, -0.2) is 6.61 Å². The van der Waals surface area contributed by atoms with Crippen LogP contribution >= 0.6 is 11.3 Å². The molecule has 1 aliphatic heterocycles. The van der Waals surface area contributed by atoms with Gasteiger partial charge in [-0.15, -0.1) is 11.3 Å². The Bertz CT molecular complexity index is 417. The van der Waals surface area contributed by atoms with Crippen molar-refractivity contribution in [3.05, 3.63) is 33.2 Å². The van der Waals surface area contributed by atoms with E-state index in [-0.39, 0.29) is 6.04 Å². The fraction of sp³-hybridized carbons (Fsp3) is 0.538. The molecule has 2 heterocycles. The summed E-state index contributed by atoms with van der Waals surface area (Å²) in [6, 6.07) is 2.47. The Hall–Kier alpha value is -0.840. The minimum atomic E-state index is 0.144. The summed E-state index contributed by atoms with van der Waals surface area (Å²) >= 11 is 1.91. The van der Waals surface area contributed by atoms with Crippen molar-refractivity contribution in [3.63, 3.8) is 0 Å². The summed E-state index contributed by atoms with van der Waals surface area (Å²) in [4.78, 5) is 2.89. The van der Waals surface area contributed by atoms with E-state index in [2.05, 4.69) is 11.5 Å². The highest BCUT2D eigenvalue weighted by atomic mass is 32.1. The van der Waals surface area contributed by atoms with Gasteiger partial charge in [-0.25, -0.2) is 5.43 Å². The molecule has 1 atom stereocenters. The van der Waals surface area contributed by atoms with Crippen molar-refractivity contribution in [2.24, 2.45) is 5.84 Å². The molecule has 0 saturated heterocycles. The largest absolute Gasteiger partial charge is 0.501 e. The molecule has 3 nitrogen and oxygen atoms in total. The molecule has 1 aromatic rings. The maximum Gasteiger partial charge on any atom is 0.0876 e. The molecule has 0 radical (unpaired) electrons. The summed E-state index contributed by atoms with van der Waals surface area (Å²) in [7, 11) is 0. The topological polar surface area (TPSA) is 47.3 Å². The molecule has 3 N–H and O–H groups in total. The molecule has 1 unspecified atom stereocenters. The van der Waals surface area contributed by atoms with Crippen molar-refractivity contribution < 1.29 is 4.74 Å². The molecule has 0 spiro atoms. The zero-order chi connectivity index (χ0) is 11.7. The van der Waals surface area contributed by atoms with Crippen LogP contribution in [0.2, 0.25) is 0 Å². The first-order valence-corrected chi connectivity index (χ1v) is 7.08. The highest BCUT2D eigenvalue weighted by Gasteiger charge is 2.23. The first kappa shape index (κ1) is 11.3. The summed E-state index contributed by atoms with van der Waals surface area (Å²) < 4.78 is 5.41. The monoisotopic (exact) mass is 250 g/mol. The number of hydrogen-bond donors (Lipinski definition) is 2. The molecule has 92 valence electrons. The minimum absolute atomic E-state index is 0.144. The van der Waals surface area contributed by atoms with Gasteiger partial charge in [0, 0.05) is 9.75 Å². The van der Waals surface area contributed by atoms with Gasteiger partial charge < -0.3 is 4.74 Å². The molecule has 0 amide bonds. The fourth-order valence-corrected chi connectivity index (χ4v) is 4.02. The smallest absolute Gasteiger partial charge is 0.0876 e. The lowest BCUT2D eigenvalue weighted by Crippen LogP contribution is -2.29. The Kier molecular flexibility index (Phi) is 3.18. The van der Waals surface area contributed by atoms with Crippen LogP contribution in [0, 0.1) is 0 Å². The number of fused-ring (bicyclic) bond motifs is 1. The second-order valence-corrected chi connectivity index (χ2v) is 5.89. The van der Waals surface area contributed by atoms with Gasteiger partial charge in [0.25, 0.3) is 0 Å². The molecule has 1 aromatic heterocycles. The van der Waals surface area contributed by atoms with Crippen LogP contribution in [0.1, 0.15) is 40.6 Å². The van der Waals surface area contributed by atoms with E-state index in [0.29, 0.717) is 0 Å². The third kappa shape index (κ3) is 2.12. The molecule has 3 rings (SSSR count). The van der Waals surface area contributed by atoms with Crippen molar-refractivity contribution in [2.45, 2.75) is 38.1 Å². The zero-order valence-electron chi connectivity index (χ0n) is 9.87. The van der Waals surface area contributed by atoms with Gasteiger partial charge in [0.2, 0.25) is 0 Å².